The van der Waals surface area contributed by atoms with Crippen LogP contribution in [0.1, 0.15) is 17.1 Å². The number of nitrogens with zero attached hydrogens (tertiary/aromatic N) is 4. The van der Waals surface area contributed by atoms with Gasteiger partial charge in [0, 0.05) is 0 Å². The number of hydrogen-bond donors (Lipinski definition) is 1. The maximum Gasteiger partial charge on any atom is 0.390 e. The third kappa shape index (κ3) is 2.66. The fraction of sp³-hybridized carbons (Fsp3) is 0.364. The maximum atomic E-state index is 11.9. The fourth-order valence-corrected chi connectivity index (χ4v) is 1.72. The number of anilines is 1. The van der Waals surface area contributed by atoms with Crippen LogP contribution in [0.4, 0.5) is 11.5 Å². The van der Waals surface area contributed by atoms with Gasteiger partial charge in [-0.25, -0.2) is 0 Å². The van der Waals surface area contributed by atoms with Crippen LogP contribution in [-0.2, 0) is 11.3 Å². The molecule has 2 aromatic heterocycles. The van der Waals surface area contributed by atoms with Crippen LogP contribution < -0.4 is 5.32 Å². The molecule has 0 bridgehead atoms. The van der Waals surface area contributed by atoms with Crippen LogP contribution in [0.2, 0.25) is 0 Å². The summed E-state index contributed by atoms with van der Waals surface area (Å²) in [5.41, 5.74) is 1.61. The van der Waals surface area contributed by atoms with Gasteiger partial charge in [0.25, 0.3) is 0 Å². The molecule has 0 aliphatic rings. The molecule has 2 heterocycles. The minimum absolute atomic E-state index is 0.121. The van der Waals surface area contributed by atoms with Gasteiger partial charge in [-0.2, -0.15) is 4.68 Å². The van der Waals surface area contributed by atoms with Crippen LogP contribution in [0.15, 0.2) is 10.6 Å². The number of rotatable bonds is 4. The second kappa shape index (κ2) is 5.11. The molecule has 0 radical (unpaired) electrons. The van der Waals surface area contributed by atoms with Crippen molar-refractivity contribution in [3.63, 3.8) is 0 Å². The molecule has 106 valence electrons. The molecular formula is C11H13N5O4. The predicted octanol–water partition coefficient (Wildman–Crippen LogP) is 1.34. The number of carbonyl (C=O) groups excluding carboxylic acids is 1. The monoisotopic (exact) mass is 279 g/mol. The van der Waals surface area contributed by atoms with E-state index in [4.69, 9.17) is 4.52 Å². The van der Waals surface area contributed by atoms with E-state index in [2.05, 4.69) is 15.6 Å². The van der Waals surface area contributed by atoms with Gasteiger partial charge in [0.15, 0.2) is 5.76 Å². The Morgan fingerprint density at radius 2 is 2.20 bits per heavy atom. The van der Waals surface area contributed by atoms with Gasteiger partial charge in [-0.05, 0) is 25.7 Å². The van der Waals surface area contributed by atoms with Gasteiger partial charge in [-0.1, -0.05) is 5.16 Å². The lowest BCUT2D eigenvalue weighted by molar-refractivity contribution is -0.389. The highest BCUT2D eigenvalue weighted by molar-refractivity contribution is 5.91. The van der Waals surface area contributed by atoms with E-state index >= 15 is 0 Å². The zero-order valence-electron chi connectivity index (χ0n) is 11.2. The predicted molar refractivity (Wildman–Crippen MR) is 68.2 cm³/mol. The number of amides is 1. The van der Waals surface area contributed by atoms with Crippen molar-refractivity contribution in [1.29, 1.82) is 0 Å². The lowest BCUT2D eigenvalue weighted by Gasteiger charge is -2.03. The SMILES string of the molecule is Cc1noc(C)c1NC(=O)Cn1nc([N+](=O)[O-])cc1C. The average Bonchev–Trinajstić information content (AvgIpc) is 2.87. The van der Waals surface area contributed by atoms with Crippen LogP contribution in [-0.4, -0.2) is 25.8 Å². The molecule has 0 fully saturated rings. The largest absolute Gasteiger partial charge is 0.390 e. The van der Waals surface area contributed by atoms with Crippen molar-refractivity contribution in [3.8, 4) is 0 Å². The van der Waals surface area contributed by atoms with Crippen molar-refractivity contribution in [2.45, 2.75) is 27.3 Å². The van der Waals surface area contributed by atoms with Crippen LogP contribution in [0.5, 0.6) is 0 Å². The Morgan fingerprint density at radius 3 is 2.70 bits per heavy atom. The molecule has 0 saturated heterocycles. The molecule has 0 saturated carbocycles. The summed E-state index contributed by atoms with van der Waals surface area (Å²) < 4.78 is 6.20. The number of hydrogen-bond acceptors (Lipinski definition) is 6. The lowest BCUT2D eigenvalue weighted by Crippen LogP contribution is -2.20. The minimum atomic E-state index is -0.601. The Bertz CT molecular complexity index is 653. The Labute approximate surface area is 113 Å². The second-order valence-corrected chi connectivity index (χ2v) is 4.31. The average molecular weight is 279 g/mol. The summed E-state index contributed by atoms with van der Waals surface area (Å²) >= 11 is 0. The van der Waals surface area contributed by atoms with Gasteiger partial charge in [-0.3, -0.25) is 4.79 Å². The zero-order chi connectivity index (χ0) is 14.9. The topological polar surface area (TPSA) is 116 Å². The van der Waals surface area contributed by atoms with Crippen molar-refractivity contribution >= 4 is 17.4 Å². The molecule has 0 aliphatic heterocycles. The van der Waals surface area contributed by atoms with Gasteiger partial charge in [0.2, 0.25) is 5.91 Å². The molecule has 0 aliphatic carbocycles. The highest BCUT2D eigenvalue weighted by Gasteiger charge is 2.19. The first kappa shape index (κ1) is 13.7. The third-order valence-corrected chi connectivity index (χ3v) is 2.75. The van der Waals surface area contributed by atoms with Crippen molar-refractivity contribution in [2.24, 2.45) is 0 Å². The summed E-state index contributed by atoms with van der Waals surface area (Å²) in [6.07, 6.45) is 0. The molecule has 0 unspecified atom stereocenters. The maximum absolute atomic E-state index is 11.9. The van der Waals surface area contributed by atoms with Gasteiger partial charge in [0.1, 0.15) is 17.9 Å². The van der Waals surface area contributed by atoms with Crippen LogP contribution >= 0.6 is 0 Å². The van der Waals surface area contributed by atoms with Crippen molar-refractivity contribution in [1.82, 2.24) is 14.9 Å². The molecule has 1 amide bonds. The fourth-order valence-electron chi connectivity index (χ4n) is 1.72. The van der Waals surface area contributed by atoms with Crippen LogP contribution in [0.25, 0.3) is 0 Å². The Morgan fingerprint density at radius 1 is 1.50 bits per heavy atom. The summed E-state index contributed by atoms with van der Waals surface area (Å²) in [6, 6.07) is 1.31. The summed E-state index contributed by atoms with van der Waals surface area (Å²) in [4.78, 5) is 21.9. The summed E-state index contributed by atoms with van der Waals surface area (Å²) in [5.74, 6) is -0.146. The van der Waals surface area contributed by atoms with E-state index in [0.29, 0.717) is 22.8 Å². The number of nitro groups is 1. The van der Waals surface area contributed by atoms with Gasteiger partial charge < -0.3 is 20.0 Å². The smallest absolute Gasteiger partial charge is 0.359 e. The molecule has 9 heteroatoms. The van der Waals surface area contributed by atoms with E-state index in [1.54, 1.807) is 20.8 Å². The first-order chi connectivity index (χ1) is 9.38. The van der Waals surface area contributed by atoms with E-state index in [1.807, 2.05) is 0 Å². The third-order valence-electron chi connectivity index (χ3n) is 2.75. The lowest BCUT2D eigenvalue weighted by atomic mass is 10.3. The van der Waals surface area contributed by atoms with E-state index < -0.39 is 4.92 Å². The standard InChI is InChI=1S/C11H13N5O4/c1-6-4-9(16(18)19)13-15(6)5-10(17)12-11-7(2)14-20-8(11)3/h4H,5H2,1-3H3,(H,12,17). The van der Waals surface area contributed by atoms with E-state index in [0.717, 1.165) is 0 Å². The van der Waals surface area contributed by atoms with Crippen LogP contribution in [0, 0.1) is 30.9 Å². The molecule has 20 heavy (non-hydrogen) atoms. The summed E-state index contributed by atoms with van der Waals surface area (Å²) in [6.45, 7) is 4.91. The first-order valence-corrected chi connectivity index (χ1v) is 5.80. The molecule has 2 rings (SSSR count). The van der Waals surface area contributed by atoms with Gasteiger partial charge in [-0.15, -0.1) is 0 Å². The zero-order valence-corrected chi connectivity index (χ0v) is 11.2. The number of aromatic nitrogens is 3. The Balaban J connectivity index is 2.11. The van der Waals surface area contributed by atoms with E-state index in [-0.39, 0.29) is 18.3 Å². The molecule has 9 nitrogen and oxygen atoms in total. The number of carbonyl (C=O) groups is 1. The number of nitrogens with one attached hydrogen (secondary N) is 1. The normalized spacial score (nSPS) is 10.6. The first-order valence-electron chi connectivity index (χ1n) is 5.80. The minimum Gasteiger partial charge on any atom is -0.359 e. The van der Waals surface area contributed by atoms with Crippen molar-refractivity contribution in [3.05, 3.63) is 33.3 Å². The van der Waals surface area contributed by atoms with Gasteiger partial charge >= 0.3 is 5.82 Å². The second-order valence-electron chi connectivity index (χ2n) is 4.31. The van der Waals surface area contributed by atoms with Gasteiger partial charge in [0.05, 0.1) is 16.9 Å². The molecule has 2 aromatic rings. The van der Waals surface area contributed by atoms with Crippen molar-refractivity contribution in [2.75, 3.05) is 5.32 Å². The summed E-state index contributed by atoms with van der Waals surface area (Å²) in [7, 11) is 0. The Hall–Kier alpha value is -2.71. The highest BCUT2D eigenvalue weighted by Crippen LogP contribution is 2.18. The summed E-state index contributed by atoms with van der Waals surface area (Å²) in [5, 5.41) is 20.7. The molecular weight excluding hydrogens is 266 g/mol. The van der Waals surface area contributed by atoms with E-state index in [9.17, 15) is 14.9 Å². The highest BCUT2D eigenvalue weighted by atomic mass is 16.6. The Kier molecular flexibility index (Phi) is 3.51. The molecule has 0 spiro atoms. The quantitative estimate of drug-likeness (QED) is 0.666. The van der Waals surface area contributed by atoms with E-state index in [1.165, 1.54) is 10.7 Å². The molecule has 1 N–H and O–H groups in total. The van der Waals surface area contributed by atoms with Crippen LogP contribution in [0.3, 0.4) is 0 Å². The molecule has 0 aromatic carbocycles. The van der Waals surface area contributed by atoms with Crippen molar-refractivity contribution < 1.29 is 14.2 Å². The molecule has 0 atom stereocenters. The number of aryl methyl sites for hydroxylation is 3.